The fraction of sp³-hybridized carbons (Fsp3) is 0.556. The van der Waals surface area contributed by atoms with Gasteiger partial charge in [0.15, 0.2) is 0 Å². The van der Waals surface area contributed by atoms with E-state index in [1.165, 1.54) is 17.0 Å². The second-order valence-corrected chi connectivity index (χ2v) is 7.35. The number of likely N-dealkylation sites (tertiary alicyclic amines) is 1. The third-order valence-electron chi connectivity index (χ3n) is 3.85. The molecular formula is C18H23F3N2O3. The van der Waals surface area contributed by atoms with Crippen molar-refractivity contribution in [1.82, 2.24) is 10.2 Å². The number of halogens is 3. The number of benzene rings is 1. The molecule has 0 radical (unpaired) electrons. The minimum Gasteiger partial charge on any atom is -0.444 e. The van der Waals surface area contributed by atoms with Gasteiger partial charge in [-0.15, -0.1) is 0 Å². The minimum absolute atomic E-state index is 0.0128. The predicted molar refractivity (Wildman–Crippen MR) is 89.5 cm³/mol. The van der Waals surface area contributed by atoms with E-state index in [1.54, 1.807) is 20.8 Å². The van der Waals surface area contributed by atoms with Gasteiger partial charge in [-0.25, -0.2) is 4.79 Å². The molecule has 1 atom stereocenters. The smallest absolute Gasteiger partial charge is 0.416 e. The van der Waals surface area contributed by atoms with E-state index in [-0.39, 0.29) is 18.4 Å². The lowest BCUT2D eigenvalue weighted by Crippen LogP contribution is -2.40. The summed E-state index contributed by atoms with van der Waals surface area (Å²) in [5.41, 5.74) is -0.830. The molecule has 1 aromatic rings. The molecule has 1 heterocycles. The monoisotopic (exact) mass is 372 g/mol. The molecule has 1 saturated heterocycles. The van der Waals surface area contributed by atoms with E-state index in [0.717, 1.165) is 12.1 Å². The number of ether oxygens (including phenoxy) is 1. The normalized spacial score (nSPS) is 17.9. The number of amides is 2. The Hall–Kier alpha value is -2.25. The summed E-state index contributed by atoms with van der Waals surface area (Å²) in [6, 6.07) is 4.32. The van der Waals surface area contributed by atoms with Crippen molar-refractivity contribution in [2.24, 2.45) is 0 Å². The number of nitrogens with zero attached hydrogens (tertiary/aromatic N) is 1. The molecule has 5 nitrogen and oxygen atoms in total. The lowest BCUT2D eigenvalue weighted by molar-refractivity contribution is -0.137. The van der Waals surface area contributed by atoms with Gasteiger partial charge < -0.3 is 15.0 Å². The fourth-order valence-corrected chi connectivity index (χ4v) is 2.65. The zero-order valence-corrected chi connectivity index (χ0v) is 15.0. The van der Waals surface area contributed by atoms with E-state index in [4.69, 9.17) is 4.74 Å². The second kappa shape index (κ2) is 7.55. The predicted octanol–water partition coefficient (Wildman–Crippen LogP) is 3.37. The van der Waals surface area contributed by atoms with E-state index in [9.17, 15) is 22.8 Å². The molecule has 26 heavy (non-hydrogen) atoms. The Morgan fingerprint density at radius 2 is 1.81 bits per heavy atom. The van der Waals surface area contributed by atoms with Crippen LogP contribution in [0.5, 0.6) is 0 Å². The number of alkyl halides is 3. The number of carbonyl (C=O) groups is 2. The molecule has 0 spiro atoms. The summed E-state index contributed by atoms with van der Waals surface area (Å²) < 4.78 is 42.9. The van der Waals surface area contributed by atoms with Crippen LogP contribution in [0.2, 0.25) is 0 Å². The summed E-state index contributed by atoms with van der Waals surface area (Å²) in [7, 11) is 0. The largest absolute Gasteiger partial charge is 0.444 e. The van der Waals surface area contributed by atoms with Crippen molar-refractivity contribution in [3.05, 3.63) is 35.4 Å². The Balaban J connectivity index is 1.83. The van der Waals surface area contributed by atoms with Crippen LogP contribution in [-0.2, 0) is 22.1 Å². The number of rotatable bonds is 3. The van der Waals surface area contributed by atoms with Crippen LogP contribution < -0.4 is 5.32 Å². The molecule has 8 heteroatoms. The van der Waals surface area contributed by atoms with Gasteiger partial charge in [0.05, 0.1) is 12.0 Å². The Morgan fingerprint density at radius 1 is 1.19 bits per heavy atom. The van der Waals surface area contributed by atoms with Crippen LogP contribution >= 0.6 is 0 Å². The highest BCUT2D eigenvalue weighted by Crippen LogP contribution is 2.29. The van der Waals surface area contributed by atoms with E-state index in [1.807, 2.05) is 0 Å². The molecular weight excluding hydrogens is 349 g/mol. The highest BCUT2D eigenvalue weighted by molar-refractivity contribution is 5.79. The first-order valence-corrected chi connectivity index (χ1v) is 8.37. The lowest BCUT2D eigenvalue weighted by Gasteiger charge is -2.24. The molecule has 144 valence electrons. The molecule has 2 amide bonds. The Morgan fingerprint density at radius 3 is 2.35 bits per heavy atom. The molecule has 1 aliphatic rings. The van der Waals surface area contributed by atoms with Crippen molar-refractivity contribution >= 4 is 12.0 Å². The average molecular weight is 372 g/mol. The van der Waals surface area contributed by atoms with Crippen molar-refractivity contribution < 1.29 is 27.5 Å². The zero-order chi connectivity index (χ0) is 19.5. The summed E-state index contributed by atoms with van der Waals surface area (Å²) in [5.74, 6) is -0.291. The Bertz CT molecular complexity index is 651. The van der Waals surface area contributed by atoms with Gasteiger partial charge in [0.1, 0.15) is 5.60 Å². The van der Waals surface area contributed by atoms with Gasteiger partial charge in [-0.3, -0.25) is 4.79 Å². The van der Waals surface area contributed by atoms with E-state index in [2.05, 4.69) is 5.32 Å². The quantitative estimate of drug-likeness (QED) is 0.885. The van der Waals surface area contributed by atoms with Crippen molar-refractivity contribution in [3.63, 3.8) is 0 Å². The first-order chi connectivity index (χ1) is 11.9. The van der Waals surface area contributed by atoms with Crippen LogP contribution in [0.4, 0.5) is 18.0 Å². The topological polar surface area (TPSA) is 58.6 Å². The standard InChI is InChI=1S/C18H23F3N2O3/c1-17(2,3)26-16(25)23-9-8-14(11-23)22-15(24)10-12-4-6-13(7-5-12)18(19,20)21/h4-7,14H,8-11H2,1-3H3,(H,22,24)/t14-/m1/s1. The van der Waals surface area contributed by atoms with Crippen LogP contribution in [0.3, 0.4) is 0 Å². The van der Waals surface area contributed by atoms with Crippen molar-refractivity contribution in [1.29, 1.82) is 0 Å². The zero-order valence-electron chi connectivity index (χ0n) is 15.0. The van der Waals surface area contributed by atoms with E-state index < -0.39 is 23.4 Å². The van der Waals surface area contributed by atoms with Gasteiger partial charge in [-0.2, -0.15) is 13.2 Å². The number of hydrogen-bond acceptors (Lipinski definition) is 3. The van der Waals surface area contributed by atoms with E-state index in [0.29, 0.717) is 25.1 Å². The average Bonchev–Trinajstić information content (AvgIpc) is 2.93. The van der Waals surface area contributed by atoms with E-state index >= 15 is 0 Å². The maximum Gasteiger partial charge on any atom is 0.416 e. The highest BCUT2D eigenvalue weighted by Gasteiger charge is 2.31. The van der Waals surface area contributed by atoms with Gasteiger partial charge in [0, 0.05) is 19.1 Å². The molecule has 1 fully saturated rings. The maximum absolute atomic E-state index is 12.5. The second-order valence-electron chi connectivity index (χ2n) is 7.35. The number of carbonyl (C=O) groups excluding carboxylic acids is 2. The van der Waals surface area contributed by atoms with Crippen molar-refractivity contribution in [2.75, 3.05) is 13.1 Å². The highest BCUT2D eigenvalue weighted by atomic mass is 19.4. The lowest BCUT2D eigenvalue weighted by atomic mass is 10.1. The van der Waals surface area contributed by atoms with Gasteiger partial charge in [0.2, 0.25) is 5.91 Å². The van der Waals surface area contributed by atoms with Crippen molar-refractivity contribution in [3.8, 4) is 0 Å². The molecule has 0 aromatic heterocycles. The van der Waals surface area contributed by atoms with Crippen LogP contribution in [-0.4, -0.2) is 41.6 Å². The molecule has 1 aliphatic heterocycles. The van der Waals surface area contributed by atoms with Crippen LogP contribution in [0.1, 0.15) is 38.3 Å². The number of hydrogen-bond donors (Lipinski definition) is 1. The Kier molecular flexibility index (Phi) is 5.83. The molecule has 0 aliphatic carbocycles. The molecule has 1 N–H and O–H groups in total. The van der Waals surface area contributed by atoms with Gasteiger partial charge in [-0.05, 0) is 44.9 Å². The molecule has 0 bridgehead atoms. The maximum atomic E-state index is 12.5. The van der Waals surface area contributed by atoms with Crippen molar-refractivity contribution in [2.45, 2.75) is 51.4 Å². The van der Waals surface area contributed by atoms with Crippen LogP contribution in [0, 0.1) is 0 Å². The Labute approximate surface area is 150 Å². The van der Waals surface area contributed by atoms with Gasteiger partial charge >= 0.3 is 12.3 Å². The third-order valence-corrected chi connectivity index (χ3v) is 3.85. The molecule has 0 saturated carbocycles. The summed E-state index contributed by atoms with van der Waals surface area (Å²) in [5, 5.41) is 2.81. The van der Waals surface area contributed by atoms with Gasteiger partial charge in [0.25, 0.3) is 0 Å². The number of nitrogens with one attached hydrogen (secondary N) is 1. The van der Waals surface area contributed by atoms with Crippen LogP contribution in [0.15, 0.2) is 24.3 Å². The summed E-state index contributed by atoms with van der Waals surface area (Å²) in [6.07, 6.45) is -4.22. The fourth-order valence-electron chi connectivity index (χ4n) is 2.65. The first-order valence-electron chi connectivity index (χ1n) is 8.37. The summed E-state index contributed by atoms with van der Waals surface area (Å²) >= 11 is 0. The molecule has 1 aromatic carbocycles. The SMILES string of the molecule is CC(C)(C)OC(=O)N1CC[C@@H](NC(=O)Cc2ccc(C(F)(F)F)cc2)C1. The summed E-state index contributed by atoms with van der Waals surface area (Å²) in [4.78, 5) is 25.6. The minimum atomic E-state index is -4.39. The first kappa shape index (κ1) is 20.1. The van der Waals surface area contributed by atoms with Crippen LogP contribution in [0.25, 0.3) is 0 Å². The molecule has 0 unspecified atom stereocenters. The third kappa shape index (κ3) is 5.93. The van der Waals surface area contributed by atoms with Gasteiger partial charge in [-0.1, -0.05) is 12.1 Å². The molecule has 2 rings (SSSR count). The summed E-state index contributed by atoms with van der Waals surface area (Å²) in [6.45, 7) is 6.19.